The second kappa shape index (κ2) is 14.0. The van der Waals surface area contributed by atoms with Gasteiger partial charge in [0.05, 0.1) is 0 Å². The Hall–Kier alpha value is -2.82. The Labute approximate surface area is 236 Å². The van der Waals surface area contributed by atoms with Crippen LogP contribution in [0.4, 0.5) is 0 Å². The Bertz CT molecular complexity index is 1090. The number of fused-ring (bicyclic) bond motifs is 1. The van der Waals surface area contributed by atoms with Crippen molar-refractivity contribution in [3.8, 4) is 0 Å². The number of hydrogen-bond donors (Lipinski definition) is 0. The third-order valence-electron chi connectivity index (χ3n) is 6.94. The molecule has 3 aliphatic heterocycles. The zero-order valence-corrected chi connectivity index (χ0v) is 25.0. The van der Waals surface area contributed by atoms with E-state index in [1.54, 1.807) is 6.20 Å². The predicted molar refractivity (Wildman–Crippen MR) is 154 cm³/mol. The number of likely N-dealkylation sites (tertiary alicyclic amines) is 1. The number of piperazine rings is 1. The van der Waals surface area contributed by atoms with Gasteiger partial charge in [-0.15, -0.1) is 11.3 Å². The summed E-state index contributed by atoms with van der Waals surface area (Å²) in [6.07, 6.45) is 2.69. The van der Waals surface area contributed by atoms with E-state index in [0.717, 1.165) is 64.3 Å². The fourth-order valence-corrected chi connectivity index (χ4v) is 5.36. The number of carbonyl (C=O) groups excluding carboxylic acids is 3. The van der Waals surface area contributed by atoms with Crippen LogP contribution in [-0.2, 0) is 22.5 Å². The molecule has 0 spiro atoms. The van der Waals surface area contributed by atoms with E-state index in [1.807, 2.05) is 55.9 Å². The Morgan fingerprint density at radius 3 is 2.26 bits per heavy atom. The first-order valence-corrected chi connectivity index (χ1v) is 14.7. The highest BCUT2D eigenvalue weighted by Crippen LogP contribution is 2.24. The number of rotatable bonds is 4. The molecule has 214 valence electrons. The van der Waals surface area contributed by atoms with Crippen LogP contribution < -0.4 is 0 Å². The fourth-order valence-electron chi connectivity index (χ4n) is 4.76. The summed E-state index contributed by atoms with van der Waals surface area (Å²) in [6.45, 7) is 16.7. The quantitative estimate of drug-likeness (QED) is 0.533. The van der Waals surface area contributed by atoms with Crippen LogP contribution in [0.1, 0.15) is 65.9 Å². The van der Waals surface area contributed by atoms with Gasteiger partial charge in [0.15, 0.2) is 5.01 Å². The largest absolute Gasteiger partial charge is 0.462 e. The number of hydrogen-bond acceptors (Lipinski definition) is 8. The second-order valence-corrected chi connectivity index (χ2v) is 11.7. The zero-order chi connectivity index (χ0) is 28.6. The van der Waals surface area contributed by atoms with Gasteiger partial charge in [0, 0.05) is 75.5 Å². The van der Waals surface area contributed by atoms with Crippen molar-refractivity contribution >= 4 is 29.6 Å². The molecule has 0 saturated carbocycles. The van der Waals surface area contributed by atoms with Crippen LogP contribution in [0.2, 0.25) is 0 Å². The predicted octanol–water partition coefficient (Wildman–Crippen LogP) is 3.40. The number of carbonyl (C=O) groups is 3. The molecule has 4 heterocycles. The van der Waals surface area contributed by atoms with Crippen molar-refractivity contribution in [2.75, 3.05) is 52.9 Å². The molecule has 10 heteroatoms. The van der Waals surface area contributed by atoms with Gasteiger partial charge in [-0.25, -0.2) is 4.98 Å². The van der Waals surface area contributed by atoms with Gasteiger partial charge in [0.1, 0.15) is 5.60 Å². The van der Waals surface area contributed by atoms with Gasteiger partial charge in [-0.3, -0.25) is 19.3 Å². The van der Waals surface area contributed by atoms with Crippen LogP contribution in [0.5, 0.6) is 0 Å². The van der Waals surface area contributed by atoms with Crippen molar-refractivity contribution < 1.29 is 19.1 Å². The van der Waals surface area contributed by atoms with Crippen LogP contribution in [0.3, 0.4) is 0 Å². The molecular weight excluding hydrogens is 514 g/mol. The molecule has 0 unspecified atom stereocenters. The molecule has 2 saturated heterocycles. The summed E-state index contributed by atoms with van der Waals surface area (Å²) in [4.78, 5) is 47.7. The molecule has 5 rings (SSSR count). The Kier molecular flexibility index (Phi) is 11.0. The molecule has 0 atom stereocenters. The smallest absolute Gasteiger partial charge is 0.293 e. The lowest BCUT2D eigenvalue weighted by Gasteiger charge is -2.48. The maximum atomic E-state index is 12.9. The van der Waals surface area contributed by atoms with Crippen LogP contribution in [0.25, 0.3) is 0 Å². The summed E-state index contributed by atoms with van der Waals surface area (Å²) in [6, 6.07) is 6.60. The number of amides is 2. The average molecular weight is 558 g/mol. The summed E-state index contributed by atoms with van der Waals surface area (Å²) in [5, 5.41) is 2.41. The molecule has 1 aromatic heterocycles. The summed E-state index contributed by atoms with van der Waals surface area (Å²) < 4.78 is 4.55. The lowest BCUT2D eigenvalue weighted by atomic mass is 9.96. The Balaban J connectivity index is 0.000000409. The lowest BCUT2D eigenvalue weighted by molar-refractivity contribution is -0.138. The molecule has 39 heavy (non-hydrogen) atoms. The first-order valence-electron chi connectivity index (χ1n) is 13.8. The van der Waals surface area contributed by atoms with Crippen LogP contribution in [-0.4, -0.2) is 107 Å². The molecule has 0 aliphatic carbocycles. The maximum absolute atomic E-state index is 12.9. The van der Waals surface area contributed by atoms with Crippen molar-refractivity contribution in [3.05, 3.63) is 51.5 Å². The van der Waals surface area contributed by atoms with Crippen LogP contribution in [0, 0.1) is 0 Å². The van der Waals surface area contributed by atoms with Gasteiger partial charge in [-0.2, -0.15) is 0 Å². The minimum atomic E-state index is -0.318. The molecule has 0 radical (unpaired) electrons. The Morgan fingerprint density at radius 1 is 1.00 bits per heavy atom. The molecule has 0 N–H and O–H groups in total. The molecule has 3 aliphatic rings. The van der Waals surface area contributed by atoms with Gasteiger partial charge in [0.25, 0.3) is 18.3 Å². The van der Waals surface area contributed by atoms with Gasteiger partial charge in [-0.1, -0.05) is 19.9 Å². The highest BCUT2D eigenvalue weighted by molar-refractivity contribution is 7.11. The minimum Gasteiger partial charge on any atom is -0.462 e. The maximum Gasteiger partial charge on any atom is 0.293 e. The first-order chi connectivity index (χ1) is 18.6. The number of aromatic nitrogens is 1. The van der Waals surface area contributed by atoms with E-state index >= 15 is 0 Å². The van der Waals surface area contributed by atoms with E-state index in [1.165, 1.54) is 22.5 Å². The summed E-state index contributed by atoms with van der Waals surface area (Å²) in [5.41, 5.74) is 3.15. The summed E-state index contributed by atoms with van der Waals surface area (Å²) in [7, 11) is 2.14. The third kappa shape index (κ3) is 8.33. The van der Waals surface area contributed by atoms with Crippen molar-refractivity contribution in [1.82, 2.24) is 24.6 Å². The second-order valence-electron chi connectivity index (χ2n) is 10.8. The van der Waals surface area contributed by atoms with Gasteiger partial charge >= 0.3 is 0 Å². The lowest BCUT2D eigenvalue weighted by Crippen LogP contribution is -2.64. The molecule has 1 aromatic carbocycles. The van der Waals surface area contributed by atoms with E-state index in [2.05, 4.69) is 38.7 Å². The van der Waals surface area contributed by atoms with Crippen LogP contribution in [0.15, 0.2) is 29.8 Å². The van der Waals surface area contributed by atoms with E-state index in [-0.39, 0.29) is 17.4 Å². The molecule has 0 bridgehead atoms. The standard InChI is InChI=1S/C22H27N5O2S.C5H10O2.C2H6/c1-24-6-4-16-12-17(2-3-18(16)13-24)21(28)27-14-19(15-27)25-7-9-26(10-8-25)22(29)20-23-5-11-30-20;1-5(2,3)7-4-6;1-2/h2-3,5,11-12,19H,4,6-10,13-15H2,1H3;4H,1-3H3;1-2H3. The van der Waals surface area contributed by atoms with E-state index in [0.29, 0.717) is 17.5 Å². The van der Waals surface area contributed by atoms with Crippen LogP contribution >= 0.6 is 11.3 Å². The summed E-state index contributed by atoms with van der Waals surface area (Å²) in [5.74, 6) is 0.180. The molecule has 2 aromatic rings. The molecule has 9 nitrogen and oxygen atoms in total. The molecule has 2 fully saturated rings. The fraction of sp³-hybridized carbons (Fsp3) is 0.586. The number of nitrogens with zero attached hydrogens (tertiary/aromatic N) is 5. The highest BCUT2D eigenvalue weighted by atomic mass is 32.1. The normalized spacial score (nSPS) is 18.0. The number of likely N-dealkylation sites (N-methyl/N-ethyl adjacent to an activating group) is 1. The average Bonchev–Trinajstić information content (AvgIpc) is 3.43. The molecular formula is C29H43N5O4S. The van der Waals surface area contributed by atoms with Crippen molar-refractivity contribution in [1.29, 1.82) is 0 Å². The third-order valence-corrected chi connectivity index (χ3v) is 7.70. The van der Waals surface area contributed by atoms with E-state index < -0.39 is 0 Å². The van der Waals surface area contributed by atoms with E-state index in [4.69, 9.17) is 0 Å². The van der Waals surface area contributed by atoms with Gasteiger partial charge in [0.2, 0.25) is 0 Å². The SMILES string of the molecule is CC.CC(C)(C)OC=O.CN1CCc2cc(C(=O)N3CC(N4CCN(C(=O)c5nccs5)CC4)C3)ccc2C1. The molecule has 2 amide bonds. The van der Waals surface area contributed by atoms with Crippen molar-refractivity contribution in [3.63, 3.8) is 0 Å². The van der Waals surface area contributed by atoms with Crippen molar-refractivity contribution in [2.45, 2.75) is 59.2 Å². The number of benzene rings is 1. The first kappa shape index (κ1) is 30.7. The number of ether oxygens (including phenoxy) is 1. The Morgan fingerprint density at radius 2 is 1.69 bits per heavy atom. The number of thiazole rings is 1. The van der Waals surface area contributed by atoms with E-state index in [9.17, 15) is 14.4 Å². The summed E-state index contributed by atoms with van der Waals surface area (Å²) >= 11 is 1.39. The zero-order valence-electron chi connectivity index (χ0n) is 24.2. The highest BCUT2D eigenvalue weighted by Gasteiger charge is 2.37. The topological polar surface area (TPSA) is 86.3 Å². The van der Waals surface area contributed by atoms with Gasteiger partial charge in [-0.05, 0) is 57.5 Å². The van der Waals surface area contributed by atoms with Gasteiger partial charge < -0.3 is 19.4 Å². The van der Waals surface area contributed by atoms with Crippen molar-refractivity contribution in [2.24, 2.45) is 0 Å². The monoisotopic (exact) mass is 557 g/mol. The minimum absolute atomic E-state index is 0.0358.